The van der Waals surface area contributed by atoms with Gasteiger partial charge in [0.1, 0.15) is 18.1 Å². The van der Waals surface area contributed by atoms with Gasteiger partial charge in [0.05, 0.1) is 18.5 Å². The van der Waals surface area contributed by atoms with Crippen LogP contribution in [0, 0.1) is 0 Å². The fourth-order valence-corrected chi connectivity index (χ4v) is 1.92. The van der Waals surface area contributed by atoms with Gasteiger partial charge in [0.15, 0.2) is 5.75 Å². The molecule has 1 amide bonds. The lowest BCUT2D eigenvalue weighted by atomic mass is 10.2. The van der Waals surface area contributed by atoms with E-state index in [1.165, 1.54) is 32.5 Å². The number of ether oxygens (including phenoxy) is 2. The first-order valence-corrected chi connectivity index (χ1v) is 7.67. The van der Waals surface area contributed by atoms with Crippen molar-refractivity contribution in [1.29, 1.82) is 0 Å². The van der Waals surface area contributed by atoms with E-state index in [1.54, 1.807) is 0 Å². The Labute approximate surface area is 149 Å². The van der Waals surface area contributed by atoms with E-state index in [4.69, 9.17) is 9.47 Å². The number of alkyl halides is 2. The van der Waals surface area contributed by atoms with Gasteiger partial charge >= 0.3 is 0 Å². The number of hydrogen-bond acceptors (Lipinski definition) is 7. The average Bonchev–Trinajstić information content (AvgIpc) is 2.56. The second-order valence-corrected chi connectivity index (χ2v) is 5.37. The van der Waals surface area contributed by atoms with E-state index in [9.17, 15) is 13.6 Å². The maximum Gasteiger partial charge on any atom is 0.287 e. The van der Waals surface area contributed by atoms with Crippen molar-refractivity contribution >= 4 is 23.4 Å². The van der Waals surface area contributed by atoms with Crippen LogP contribution in [0.5, 0.6) is 5.75 Å². The lowest BCUT2D eigenvalue weighted by Crippen LogP contribution is -2.13. The minimum atomic E-state index is -3.10. The number of nitrogens with zero attached hydrogens (tertiary/aromatic N) is 3. The van der Waals surface area contributed by atoms with Crippen LogP contribution < -0.4 is 15.4 Å². The average molecular weight is 367 g/mol. The number of carbonyl (C=O) groups is 1. The molecule has 0 bridgehead atoms. The van der Waals surface area contributed by atoms with Crippen molar-refractivity contribution in [3.63, 3.8) is 0 Å². The Morgan fingerprint density at radius 3 is 2.73 bits per heavy atom. The largest absolute Gasteiger partial charge is 0.487 e. The topological polar surface area (TPSA) is 98.3 Å². The summed E-state index contributed by atoms with van der Waals surface area (Å²) in [5.74, 6) is -2.86. The summed E-state index contributed by atoms with van der Waals surface area (Å²) >= 11 is 0. The Balaban J connectivity index is 2.30. The number of amides is 1. The predicted octanol–water partition coefficient (Wildman–Crippen LogP) is 2.71. The van der Waals surface area contributed by atoms with Gasteiger partial charge in [-0.05, 0) is 6.07 Å². The van der Waals surface area contributed by atoms with Crippen molar-refractivity contribution < 1.29 is 23.0 Å². The summed E-state index contributed by atoms with van der Waals surface area (Å²) in [6, 6.07) is 2.63. The molecule has 26 heavy (non-hydrogen) atoms. The first-order chi connectivity index (χ1) is 12.3. The lowest BCUT2D eigenvalue weighted by Gasteiger charge is -2.15. The first kappa shape index (κ1) is 19.4. The predicted molar refractivity (Wildman–Crippen MR) is 90.8 cm³/mol. The number of halogens is 2. The minimum Gasteiger partial charge on any atom is -0.487 e. The quantitative estimate of drug-likeness (QED) is 0.692. The highest BCUT2D eigenvalue weighted by atomic mass is 19.3. The molecule has 0 aliphatic rings. The number of rotatable bonds is 8. The fraction of sp³-hybridized carbons (Fsp3) is 0.375. The summed E-state index contributed by atoms with van der Waals surface area (Å²) in [5.41, 5.74) is -0.0654. The van der Waals surface area contributed by atoms with Crippen LogP contribution in [0.25, 0.3) is 0 Å². The van der Waals surface area contributed by atoms with Crippen molar-refractivity contribution in [3.05, 3.63) is 30.2 Å². The zero-order valence-electron chi connectivity index (χ0n) is 14.5. The SMILES string of the molecule is COCCOc1cnc(NC(C)=O)cc1Nc1nccc(C(C)(F)F)n1. The van der Waals surface area contributed by atoms with Crippen molar-refractivity contribution in [1.82, 2.24) is 15.0 Å². The summed E-state index contributed by atoms with van der Waals surface area (Å²) in [5, 5.41) is 5.34. The summed E-state index contributed by atoms with van der Waals surface area (Å²) in [7, 11) is 1.53. The Kier molecular flexibility index (Phi) is 6.34. The van der Waals surface area contributed by atoms with Crippen LogP contribution in [-0.4, -0.2) is 41.2 Å². The fourth-order valence-electron chi connectivity index (χ4n) is 1.92. The van der Waals surface area contributed by atoms with Crippen LogP contribution in [0.2, 0.25) is 0 Å². The Hall–Kier alpha value is -2.88. The van der Waals surface area contributed by atoms with Gasteiger partial charge in [0.25, 0.3) is 5.92 Å². The molecule has 0 saturated carbocycles. The van der Waals surface area contributed by atoms with Crippen molar-refractivity contribution in [2.75, 3.05) is 31.0 Å². The molecule has 0 aliphatic carbocycles. The number of aromatic nitrogens is 3. The summed E-state index contributed by atoms with van der Waals surface area (Å²) in [6.45, 7) is 2.69. The molecule has 2 N–H and O–H groups in total. The summed E-state index contributed by atoms with van der Waals surface area (Å²) in [4.78, 5) is 23.0. The highest BCUT2D eigenvalue weighted by Crippen LogP contribution is 2.30. The van der Waals surface area contributed by atoms with E-state index < -0.39 is 11.6 Å². The monoisotopic (exact) mass is 367 g/mol. The van der Waals surface area contributed by atoms with Crippen LogP contribution in [0.15, 0.2) is 24.5 Å². The van der Waals surface area contributed by atoms with Gasteiger partial charge in [0, 0.05) is 33.2 Å². The molecule has 0 fully saturated rings. The van der Waals surface area contributed by atoms with Gasteiger partial charge in [-0.2, -0.15) is 8.78 Å². The lowest BCUT2D eigenvalue weighted by molar-refractivity contribution is -0.114. The van der Waals surface area contributed by atoms with Gasteiger partial charge in [-0.15, -0.1) is 0 Å². The molecule has 8 nitrogen and oxygen atoms in total. The van der Waals surface area contributed by atoms with Crippen LogP contribution >= 0.6 is 0 Å². The van der Waals surface area contributed by atoms with Gasteiger partial charge < -0.3 is 20.1 Å². The zero-order chi connectivity index (χ0) is 19.2. The third kappa shape index (κ3) is 5.59. The molecule has 140 valence electrons. The molecule has 0 aromatic carbocycles. The molecular weight excluding hydrogens is 348 g/mol. The molecule has 10 heteroatoms. The molecule has 0 saturated heterocycles. The number of methoxy groups -OCH3 is 1. The molecular formula is C16H19F2N5O3. The molecule has 2 aromatic heterocycles. The number of anilines is 3. The molecule has 2 heterocycles. The van der Waals surface area contributed by atoms with E-state index >= 15 is 0 Å². The summed E-state index contributed by atoms with van der Waals surface area (Å²) in [6.07, 6.45) is 2.62. The first-order valence-electron chi connectivity index (χ1n) is 7.67. The Morgan fingerprint density at radius 2 is 2.08 bits per heavy atom. The highest BCUT2D eigenvalue weighted by molar-refractivity contribution is 5.88. The van der Waals surface area contributed by atoms with E-state index in [2.05, 4.69) is 25.6 Å². The van der Waals surface area contributed by atoms with Gasteiger partial charge in [-0.3, -0.25) is 4.79 Å². The van der Waals surface area contributed by atoms with Gasteiger partial charge in [0.2, 0.25) is 11.9 Å². The number of hydrogen-bond donors (Lipinski definition) is 2. The van der Waals surface area contributed by atoms with E-state index in [0.29, 0.717) is 18.0 Å². The molecule has 0 aliphatic heterocycles. The third-order valence-electron chi connectivity index (χ3n) is 3.07. The smallest absolute Gasteiger partial charge is 0.287 e. The van der Waals surface area contributed by atoms with E-state index in [1.807, 2.05) is 0 Å². The van der Waals surface area contributed by atoms with Crippen LogP contribution in [0.3, 0.4) is 0 Å². The Bertz CT molecular complexity index is 768. The van der Waals surface area contributed by atoms with Crippen LogP contribution in [0.1, 0.15) is 19.5 Å². The van der Waals surface area contributed by atoms with Crippen LogP contribution in [0.4, 0.5) is 26.2 Å². The molecule has 0 radical (unpaired) electrons. The van der Waals surface area contributed by atoms with Gasteiger partial charge in [-0.25, -0.2) is 15.0 Å². The number of pyridine rings is 1. The van der Waals surface area contributed by atoms with Crippen molar-refractivity contribution in [2.45, 2.75) is 19.8 Å². The highest BCUT2D eigenvalue weighted by Gasteiger charge is 2.26. The maximum absolute atomic E-state index is 13.5. The Morgan fingerprint density at radius 1 is 1.31 bits per heavy atom. The second kappa shape index (κ2) is 8.48. The normalized spacial score (nSPS) is 11.1. The van der Waals surface area contributed by atoms with Gasteiger partial charge in [-0.1, -0.05) is 0 Å². The van der Waals surface area contributed by atoms with E-state index in [-0.39, 0.29) is 24.3 Å². The molecule has 0 unspecified atom stereocenters. The summed E-state index contributed by atoms with van der Waals surface area (Å²) < 4.78 is 37.4. The van der Waals surface area contributed by atoms with Crippen molar-refractivity contribution in [3.8, 4) is 5.75 Å². The third-order valence-corrected chi connectivity index (χ3v) is 3.07. The van der Waals surface area contributed by atoms with Crippen LogP contribution in [-0.2, 0) is 15.5 Å². The second-order valence-electron chi connectivity index (χ2n) is 5.37. The van der Waals surface area contributed by atoms with Crippen molar-refractivity contribution in [2.24, 2.45) is 0 Å². The molecule has 2 aromatic rings. The standard InChI is InChI=1S/C16H19F2N5O3/c1-10(24)21-14-8-11(12(9-20-14)26-7-6-25-3)22-15-19-5-4-13(23-15)16(2,17)18/h4-5,8-9H,6-7H2,1-3H3,(H2,19,20,21,22,23,24). The zero-order valence-corrected chi connectivity index (χ0v) is 14.5. The number of carbonyl (C=O) groups excluding carboxylic acids is 1. The molecule has 0 spiro atoms. The van der Waals surface area contributed by atoms with E-state index in [0.717, 1.165) is 13.0 Å². The minimum absolute atomic E-state index is 0.0411. The molecule has 0 atom stereocenters. The number of nitrogens with one attached hydrogen (secondary N) is 2. The maximum atomic E-state index is 13.5. The molecule has 2 rings (SSSR count).